The van der Waals surface area contributed by atoms with Crippen LogP contribution in [0.5, 0.6) is 0 Å². The van der Waals surface area contributed by atoms with E-state index in [0.717, 1.165) is 48.3 Å². The van der Waals surface area contributed by atoms with E-state index in [1.807, 2.05) is 32.7 Å². The Morgan fingerprint density at radius 2 is 1.74 bits per heavy atom. The maximum Gasteiger partial charge on any atom is 0.257 e. The van der Waals surface area contributed by atoms with Crippen molar-refractivity contribution in [2.75, 3.05) is 7.05 Å². The van der Waals surface area contributed by atoms with Crippen molar-refractivity contribution in [2.45, 2.75) is 58.5 Å². The fourth-order valence-electron chi connectivity index (χ4n) is 2.94. The molecule has 4 heteroatoms. The van der Waals surface area contributed by atoms with E-state index in [4.69, 9.17) is 10.2 Å². The number of nitrogens with zero attached hydrogens (tertiary/aromatic N) is 1. The van der Waals surface area contributed by atoms with Gasteiger partial charge in [-0.05, 0) is 46.5 Å². The van der Waals surface area contributed by atoms with Crippen LogP contribution in [0, 0.1) is 20.8 Å². The Balaban J connectivity index is 2.15. The third-order valence-corrected chi connectivity index (χ3v) is 4.38. The predicted molar refractivity (Wildman–Crippen MR) is 75.2 cm³/mol. The van der Waals surface area contributed by atoms with E-state index in [1.54, 1.807) is 0 Å². The molecule has 1 aromatic rings. The summed E-state index contributed by atoms with van der Waals surface area (Å²) in [7, 11) is 1.89. The first kappa shape index (κ1) is 14.1. The Bertz CT molecular complexity index is 471. The van der Waals surface area contributed by atoms with Gasteiger partial charge in [0.2, 0.25) is 0 Å². The average molecular weight is 264 g/mol. The minimum Gasteiger partial charge on any atom is -0.466 e. The fourth-order valence-corrected chi connectivity index (χ4v) is 2.94. The first-order chi connectivity index (χ1) is 8.91. The summed E-state index contributed by atoms with van der Waals surface area (Å²) in [6.07, 6.45) is 4.01. The molecule has 0 unspecified atom stereocenters. The highest BCUT2D eigenvalue weighted by molar-refractivity contribution is 5.96. The molecule has 0 saturated heterocycles. The minimum atomic E-state index is 0.0762. The molecule has 0 atom stereocenters. The average Bonchev–Trinajstić information content (AvgIpc) is 2.62. The Kier molecular flexibility index (Phi) is 3.99. The Hall–Kier alpha value is -1.29. The third kappa shape index (κ3) is 2.68. The molecule has 0 aromatic carbocycles. The third-order valence-electron chi connectivity index (χ3n) is 4.38. The molecular weight excluding hydrogens is 240 g/mol. The second kappa shape index (κ2) is 5.37. The lowest BCUT2D eigenvalue weighted by Crippen LogP contribution is -2.42. The van der Waals surface area contributed by atoms with Crippen LogP contribution in [0.15, 0.2) is 4.42 Å². The van der Waals surface area contributed by atoms with Gasteiger partial charge in [0.1, 0.15) is 11.5 Å². The van der Waals surface area contributed by atoms with Gasteiger partial charge in [-0.2, -0.15) is 0 Å². The number of amides is 1. The molecule has 2 N–H and O–H groups in total. The normalized spacial score (nSPS) is 23.4. The number of aryl methyl sites for hydroxylation is 2. The van der Waals surface area contributed by atoms with Crippen molar-refractivity contribution in [1.29, 1.82) is 0 Å². The Morgan fingerprint density at radius 3 is 2.21 bits per heavy atom. The van der Waals surface area contributed by atoms with Crippen LogP contribution in [0.4, 0.5) is 0 Å². The highest BCUT2D eigenvalue weighted by atomic mass is 16.3. The van der Waals surface area contributed by atoms with E-state index >= 15 is 0 Å². The van der Waals surface area contributed by atoms with E-state index in [0.29, 0.717) is 12.1 Å². The van der Waals surface area contributed by atoms with Gasteiger partial charge >= 0.3 is 0 Å². The van der Waals surface area contributed by atoms with Crippen LogP contribution in [0.3, 0.4) is 0 Å². The lowest BCUT2D eigenvalue weighted by Gasteiger charge is -2.33. The quantitative estimate of drug-likeness (QED) is 0.893. The summed E-state index contributed by atoms with van der Waals surface area (Å²) in [6.45, 7) is 5.71. The number of nitrogens with two attached hydrogens (primary N) is 1. The number of furan rings is 1. The summed E-state index contributed by atoms with van der Waals surface area (Å²) < 4.78 is 5.55. The van der Waals surface area contributed by atoms with Crippen molar-refractivity contribution in [3.05, 3.63) is 22.6 Å². The van der Waals surface area contributed by atoms with Crippen molar-refractivity contribution >= 4 is 5.91 Å². The topological polar surface area (TPSA) is 59.5 Å². The monoisotopic (exact) mass is 264 g/mol. The molecule has 2 rings (SSSR count). The van der Waals surface area contributed by atoms with Gasteiger partial charge in [0, 0.05) is 24.7 Å². The van der Waals surface area contributed by atoms with Crippen molar-refractivity contribution < 1.29 is 9.21 Å². The largest absolute Gasteiger partial charge is 0.466 e. The maximum absolute atomic E-state index is 12.6. The molecular formula is C15H24N2O2. The molecule has 19 heavy (non-hydrogen) atoms. The number of carbonyl (C=O) groups excluding carboxylic acids is 1. The molecule has 1 aliphatic carbocycles. The van der Waals surface area contributed by atoms with Gasteiger partial charge in [-0.25, -0.2) is 0 Å². The van der Waals surface area contributed by atoms with E-state index in [2.05, 4.69) is 0 Å². The molecule has 0 radical (unpaired) electrons. The summed E-state index contributed by atoms with van der Waals surface area (Å²) in [6, 6.07) is 0.612. The molecule has 1 aromatic heterocycles. The molecule has 1 aliphatic rings. The molecule has 0 bridgehead atoms. The lowest BCUT2D eigenvalue weighted by molar-refractivity contribution is 0.0687. The van der Waals surface area contributed by atoms with Crippen LogP contribution < -0.4 is 5.73 Å². The van der Waals surface area contributed by atoms with Gasteiger partial charge in [-0.1, -0.05) is 0 Å². The summed E-state index contributed by atoms with van der Waals surface area (Å²) >= 11 is 0. The van der Waals surface area contributed by atoms with Crippen LogP contribution in [0.2, 0.25) is 0 Å². The summed E-state index contributed by atoms with van der Waals surface area (Å²) in [5.41, 5.74) is 7.61. The van der Waals surface area contributed by atoms with Crippen molar-refractivity contribution in [3.63, 3.8) is 0 Å². The first-order valence-electron chi connectivity index (χ1n) is 7.01. The van der Waals surface area contributed by atoms with Gasteiger partial charge in [-0.15, -0.1) is 0 Å². The van der Waals surface area contributed by atoms with Crippen LogP contribution >= 0.6 is 0 Å². The summed E-state index contributed by atoms with van der Waals surface area (Å²) in [4.78, 5) is 14.5. The van der Waals surface area contributed by atoms with Gasteiger partial charge in [0.15, 0.2) is 0 Å². The number of rotatable bonds is 2. The maximum atomic E-state index is 12.6. The van der Waals surface area contributed by atoms with Crippen LogP contribution in [0.1, 0.15) is 53.1 Å². The molecule has 4 nitrogen and oxygen atoms in total. The van der Waals surface area contributed by atoms with Gasteiger partial charge in [-0.3, -0.25) is 4.79 Å². The second-order valence-corrected chi connectivity index (χ2v) is 5.70. The highest BCUT2D eigenvalue weighted by Gasteiger charge is 2.28. The highest BCUT2D eigenvalue weighted by Crippen LogP contribution is 2.26. The molecule has 106 valence electrons. The van der Waals surface area contributed by atoms with Crippen LogP contribution in [0.25, 0.3) is 0 Å². The second-order valence-electron chi connectivity index (χ2n) is 5.70. The molecule has 1 saturated carbocycles. The zero-order valence-electron chi connectivity index (χ0n) is 12.3. The molecule has 1 amide bonds. The fraction of sp³-hybridized carbons (Fsp3) is 0.667. The molecule has 1 heterocycles. The Labute approximate surface area is 114 Å². The van der Waals surface area contributed by atoms with Gasteiger partial charge in [0.25, 0.3) is 5.91 Å². The Morgan fingerprint density at radius 1 is 1.16 bits per heavy atom. The van der Waals surface area contributed by atoms with Crippen LogP contribution in [-0.2, 0) is 0 Å². The summed E-state index contributed by atoms with van der Waals surface area (Å²) in [5.74, 6) is 1.63. The number of hydrogen-bond donors (Lipinski definition) is 1. The number of carbonyl (C=O) groups is 1. The predicted octanol–water partition coefficient (Wildman–Crippen LogP) is 2.55. The van der Waals surface area contributed by atoms with E-state index in [9.17, 15) is 4.79 Å². The summed E-state index contributed by atoms with van der Waals surface area (Å²) in [5, 5.41) is 0. The van der Waals surface area contributed by atoms with Crippen LogP contribution in [-0.4, -0.2) is 29.9 Å². The minimum absolute atomic E-state index is 0.0762. The zero-order chi connectivity index (χ0) is 14.2. The van der Waals surface area contributed by atoms with E-state index in [-0.39, 0.29) is 5.91 Å². The van der Waals surface area contributed by atoms with Crippen molar-refractivity contribution in [3.8, 4) is 0 Å². The molecule has 1 fully saturated rings. The number of hydrogen-bond acceptors (Lipinski definition) is 3. The zero-order valence-corrected chi connectivity index (χ0v) is 12.3. The smallest absolute Gasteiger partial charge is 0.257 e. The van der Waals surface area contributed by atoms with E-state index < -0.39 is 0 Å². The van der Waals surface area contributed by atoms with Crippen molar-refractivity contribution in [2.24, 2.45) is 5.73 Å². The van der Waals surface area contributed by atoms with Gasteiger partial charge < -0.3 is 15.1 Å². The van der Waals surface area contributed by atoms with Gasteiger partial charge in [0.05, 0.1) is 5.56 Å². The molecule has 0 spiro atoms. The standard InChI is InChI=1S/C15H24N2O2/c1-9-10(2)19-11(3)14(9)15(18)17(4)13-7-5-12(16)6-8-13/h12-13H,5-8,16H2,1-4H3. The van der Waals surface area contributed by atoms with E-state index in [1.165, 1.54) is 0 Å². The first-order valence-corrected chi connectivity index (χ1v) is 7.01. The SMILES string of the molecule is Cc1oc(C)c(C(=O)N(C)C2CCC(N)CC2)c1C. The molecule has 0 aliphatic heterocycles. The van der Waals surface area contributed by atoms with Crippen molar-refractivity contribution in [1.82, 2.24) is 4.90 Å². The lowest BCUT2D eigenvalue weighted by atomic mass is 9.90.